The highest BCUT2D eigenvalue weighted by molar-refractivity contribution is 5.76. The maximum Gasteiger partial charge on any atom is 0.151 e. The van der Waals surface area contributed by atoms with E-state index in [0.29, 0.717) is 11.4 Å². The highest BCUT2D eigenvalue weighted by Gasteiger charge is 2.13. The fourth-order valence-electron chi connectivity index (χ4n) is 2.11. The minimum Gasteiger partial charge on any atom is -0.494 e. The summed E-state index contributed by atoms with van der Waals surface area (Å²) in [6.07, 6.45) is 3.88. The van der Waals surface area contributed by atoms with Crippen molar-refractivity contribution in [3.63, 3.8) is 0 Å². The minimum absolute atomic E-state index is 0.618. The van der Waals surface area contributed by atoms with Crippen molar-refractivity contribution in [2.24, 2.45) is 7.05 Å². The number of aromatic nitrogens is 3. The summed E-state index contributed by atoms with van der Waals surface area (Å²) < 4.78 is 9.19. The molecule has 0 saturated heterocycles. The molecule has 2 N–H and O–H groups in total. The van der Waals surface area contributed by atoms with Crippen molar-refractivity contribution in [3.05, 3.63) is 36.7 Å². The first-order valence-corrected chi connectivity index (χ1v) is 5.64. The molecular weight excluding hydrogens is 228 g/mol. The first-order chi connectivity index (χ1) is 8.70. The number of hydrogen-bond acceptors (Lipinski definition) is 3. The maximum atomic E-state index is 5.90. The number of nitrogens with zero attached hydrogens (tertiary/aromatic N) is 3. The van der Waals surface area contributed by atoms with Crippen LogP contribution in [0.5, 0.6) is 5.75 Å². The Morgan fingerprint density at radius 2 is 2.11 bits per heavy atom. The molecule has 0 aliphatic rings. The number of aryl methyl sites for hydroxylation is 1. The standard InChI is InChI=1S/C13H14N4O/c1-16-6-7-17-12(16)8-11(15-17)9-4-3-5-10(14)13(9)18-2/h3-8H,14H2,1-2H3. The number of rotatable bonds is 2. The van der Waals surface area contributed by atoms with Gasteiger partial charge in [-0.1, -0.05) is 6.07 Å². The topological polar surface area (TPSA) is 57.5 Å². The third-order valence-corrected chi connectivity index (χ3v) is 3.03. The molecule has 5 heteroatoms. The number of anilines is 1. The number of para-hydroxylation sites is 1. The molecule has 0 bridgehead atoms. The first kappa shape index (κ1) is 10.7. The average molecular weight is 242 g/mol. The summed E-state index contributed by atoms with van der Waals surface area (Å²) in [6, 6.07) is 7.68. The SMILES string of the molecule is COc1c(N)cccc1-c1cc2n(C)ccn2n1. The van der Waals surface area contributed by atoms with Gasteiger partial charge in [-0.15, -0.1) is 0 Å². The fraction of sp³-hybridized carbons (Fsp3) is 0.154. The molecule has 3 rings (SSSR count). The summed E-state index contributed by atoms with van der Waals surface area (Å²) in [7, 11) is 3.60. The molecular formula is C13H14N4O. The molecule has 3 aromatic rings. The van der Waals surface area contributed by atoms with Gasteiger partial charge in [0.15, 0.2) is 5.75 Å². The summed E-state index contributed by atoms with van der Waals surface area (Å²) in [4.78, 5) is 0. The maximum absolute atomic E-state index is 5.90. The van der Waals surface area contributed by atoms with Gasteiger partial charge >= 0.3 is 0 Å². The molecule has 92 valence electrons. The van der Waals surface area contributed by atoms with Crippen molar-refractivity contribution in [3.8, 4) is 17.0 Å². The summed E-state index contributed by atoms with van der Waals surface area (Å²) in [5.74, 6) is 0.668. The predicted octanol–water partition coefficient (Wildman–Crippen LogP) is 1.93. The van der Waals surface area contributed by atoms with E-state index in [-0.39, 0.29) is 0 Å². The largest absolute Gasteiger partial charge is 0.494 e. The number of benzene rings is 1. The van der Waals surface area contributed by atoms with E-state index in [1.807, 2.05) is 52.8 Å². The molecule has 0 amide bonds. The highest BCUT2D eigenvalue weighted by atomic mass is 16.5. The van der Waals surface area contributed by atoms with Crippen LogP contribution in [0, 0.1) is 0 Å². The molecule has 0 fully saturated rings. The van der Waals surface area contributed by atoms with Crippen LogP contribution in [0.2, 0.25) is 0 Å². The van der Waals surface area contributed by atoms with Gasteiger partial charge in [-0.2, -0.15) is 5.10 Å². The van der Waals surface area contributed by atoms with Crippen LogP contribution in [0.4, 0.5) is 5.69 Å². The van der Waals surface area contributed by atoms with Gasteiger partial charge in [-0.25, -0.2) is 4.52 Å². The molecule has 0 aliphatic carbocycles. The van der Waals surface area contributed by atoms with Gasteiger partial charge in [0.2, 0.25) is 0 Å². The van der Waals surface area contributed by atoms with Crippen molar-refractivity contribution in [2.75, 3.05) is 12.8 Å². The summed E-state index contributed by atoms with van der Waals surface area (Å²) in [6.45, 7) is 0. The Kier molecular flexibility index (Phi) is 2.26. The van der Waals surface area contributed by atoms with Crippen molar-refractivity contribution >= 4 is 11.3 Å². The van der Waals surface area contributed by atoms with Crippen LogP contribution in [0.3, 0.4) is 0 Å². The van der Waals surface area contributed by atoms with Crippen molar-refractivity contribution in [1.29, 1.82) is 0 Å². The molecule has 0 atom stereocenters. The lowest BCUT2D eigenvalue weighted by molar-refractivity contribution is 0.418. The van der Waals surface area contributed by atoms with Crippen molar-refractivity contribution < 1.29 is 4.74 Å². The van der Waals surface area contributed by atoms with E-state index in [9.17, 15) is 0 Å². The van der Waals surface area contributed by atoms with Gasteiger partial charge in [0.25, 0.3) is 0 Å². The lowest BCUT2D eigenvalue weighted by Crippen LogP contribution is -1.95. The molecule has 1 aromatic carbocycles. The Labute approximate surface area is 104 Å². The minimum atomic E-state index is 0.618. The molecule has 0 unspecified atom stereocenters. The van der Waals surface area contributed by atoms with Crippen LogP contribution in [0.1, 0.15) is 0 Å². The highest BCUT2D eigenvalue weighted by Crippen LogP contribution is 2.34. The van der Waals surface area contributed by atoms with Gasteiger partial charge in [-0.05, 0) is 12.1 Å². The molecule has 2 heterocycles. The van der Waals surface area contributed by atoms with Crippen LogP contribution < -0.4 is 10.5 Å². The van der Waals surface area contributed by atoms with Gasteiger partial charge in [0.1, 0.15) is 5.65 Å². The van der Waals surface area contributed by atoms with E-state index in [2.05, 4.69) is 5.10 Å². The summed E-state index contributed by atoms with van der Waals surface area (Å²) in [5, 5.41) is 4.51. The number of fused-ring (bicyclic) bond motifs is 1. The Morgan fingerprint density at radius 1 is 1.28 bits per heavy atom. The Bertz CT molecular complexity index is 711. The summed E-state index contributed by atoms with van der Waals surface area (Å²) >= 11 is 0. The van der Waals surface area contributed by atoms with Gasteiger partial charge < -0.3 is 15.0 Å². The molecule has 2 aromatic heterocycles. The fourth-order valence-corrected chi connectivity index (χ4v) is 2.11. The number of nitrogens with two attached hydrogens (primary N) is 1. The van der Waals surface area contributed by atoms with Crippen LogP contribution >= 0.6 is 0 Å². The number of methoxy groups -OCH3 is 1. The zero-order chi connectivity index (χ0) is 12.7. The molecule has 0 aliphatic heterocycles. The monoisotopic (exact) mass is 242 g/mol. The zero-order valence-electron chi connectivity index (χ0n) is 10.3. The second-order valence-electron chi connectivity index (χ2n) is 4.17. The van der Waals surface area contributed by atoms with Crippen molar-refractivity contribution in [1.82, 2.24) is 14.2 Å². The second kappa shape index (κ2) is 3.80. The lowest BCUT2D eigenvalue weighted by Gasteiger charge is -2.08. The van der Waals surface area contributed by atoms with E-state index in [1.165, 1.54) is 0 Å². The number of nitrogen functional groups attached to an aromatic ring is 1. The number of hydrogen-bond donors (Lipinski definition) is 1. The Morgan fingerprint density at radius 3 is 2.83 bits per heavy atom. The van der Waals surface area contributed by atoms with E-state index in [0.717, 1.165) is 16.9 Å². The van der Waals surface area contributed by atoms with E-state index in [1.54, 1.807) is 7.11 Å². The van der Waals surface area contributed by atoms with Gasteiger partial charge in [0.05, 0.1) is 18.5 Å². The number of imidazole rings is 1. The van der Waals surface area contributed by atoms with Crippen LogP contribution in [-0.2, 0) is 7.05 Å². The quantitative estimate of drug-likeness (QED) is 0.698. The van der Waals surface area contributed by atoms with E-state index in [4.69, 9.17) is 10.5 Å². The average Bonchev–Trinajstić information content (AvgIpc) is 2.92. The van der Waals surface area contributed by atoms with E-state index < -0.39 is 0 Å². The van der Waals surface area contributed by atoms with Gasteiger partial charge in [-0.3, -0.25) is 0 Å². The first-order valence-electron chi connectivity index (χ1n) is 5.64. The third-order valence-electron chi connectivity index (χ3n) is 3.03. The summed E-state index contributed by atoms with van der Waals surface area (Å²) in [5.41, 5.74) is 9.30. The smallest absolute Gasteiger partial charge is 0.151 e. The normalized spacial score (nSPS) is 11.0. The van der Waals surface area contributed by atoms with Crippen LogP contribution in [0.15, 0.2) is 36.7 Å². The molecule has 0 radical (unpaired) electrons. The van der Waals surface area contributed by atoms with Gasteiger partial charge in [0, 0.05) is 31.1 Å². The second-order valence-corrected chi connectivity index (χ2v) is 4.17. The zero-order valence-corrected chi connectivity index (χ0v) is 10.3. The van der Waals surface area contributed by atoms with E-state index >= 15 is 0 Å². The van der Waals surface area contributed by atoms with Crippen LogP contribution in [0.25, 0.3) is 16.9 Å². The van der Waals surface area contributed by atoms with Crippen LogP contribution in [-0.4, -0.2) is 21.3 Å². The lowest BCUT2D eigenvalue weighted by atomic mass is 10.1. The van der Waals surface area contributed by atoms with Crippen molar-refractivity contribution in [2.45, 2.75) is 0 Å². The third kappa shape index (κ3) is 1.44. The molecule has 0 saturated carbocycles. The Hall–Kier alpha value is -2.43. The number of ether oxygens (including phenoxy) is 1. The molecule has 5 nitrogen and oxygen atoms in total. The predicted molar refractivity (Wildman–Crippen MR) is 70.6 cm³/mol. The molecule has 0 spiro atoms. The molecule has 18 heavy (non-hydrogen) atoms. The Balaban J connectivity index is 2.22.